The number of rotatable bonds is 4. The molecule has 3 nitrogen and oxygen atoms in total. The van der Waals surface area contributed by atoms with Gasteiger partial charge in [0, 0.05) is 29.1 Å². The van der Waals surface area contributed by atoms with Gasteiger partial charge in [-0.3, -0.25) is 4.90 Å². The Hall–Kier alpha value is 0.0400. The number of halogens is 2. The fraction of sp³-hybridized carbons (Fsp3) is 0.625. The van der Waals surface area contributed by atoms with E-state index in [9.17, 15) is 4.79 Å². The summed E-state index contributed by atoms with van der Waals surface area (Å²) in [4.78, 5) is 12.7. The average Bonchev–Trinajstić information content (AvgIpc) is 2.17. The van der Waals surface area contributed by atoms with Crippen LogP contribution >= 0.6 is 38.8 Å². The van der Waals surface area contributed by atoms with Crippen molar-refractivity contribution >= 4 is 44.9 Å². The predicted octanol–water partition coefficient (Wildman–Crippen LogP) is 2.93. The van der Waals surface area contributed by atoms with Gasteiger partial charge in [0.15, 0.2) is 16.3 Å². The molecule has 0 radical (unpaired) electrons. The van der Waals surface area contributed by atoms with E-state index in [2.05, 4.69) is 36.9 Å². The van der Waals surface area contributed by atoms with Gasteiger partial charge in [-0.1, -0.05) is 19.3 Å². The summed E-state index contributed by atoms with van der Waals surface area (Å²) < 4.78 is 7.14. The van der Waals surface area contributed by atoms with Gasteiger partial charge in [-0.25, -0.2) is 4.79 Å². The van der Waals surface area contributed by atoms with E-state index in [1.54, 1.807) is 4.90 Å². The van der Waals surface area contributed by atoms with E-state index in [4.69, 9.17) is 0 Å². The Morgan fingerprint density at radius 2 is 2.38 bits per heavy atom. The molecule has 0 aliphatic rings. The van der Waals surface area contributed by atoms with Crippen LogP contribution in [0.2, 0.25) is 0 Å². The third kappa shape index (κ3) is 6.16. The lowest BCUT2D eigenvalue weighted by Crippen LogP contribution is -2.31. The molecule has 0 N–H and O–H groups in total. The number of carbonyl (C=O) groups is 1. The molecule has 0 aromatic heterocycles. The zero-order valence-corrected chi connectivity index (χ0v) is 11.1. The molecule has 0 heterocycles. The first kappa shape index (κ1) is 13.0. The van der Waals surface area contributed by atoms with E-state index in [1.165, 1.54) is 0 Å². The molecule has 0 unspecified atom stereocenters. The number of unbranched alkanes of at least 4 members (excludes halogenated alkanes) is 1. The van der Waals surface area contributed by atoms with Gasteiger partial charge >= 0.3 is 6.09 Å². The SMILES string of the molecule is CCCCN(CC#CI)C(=O)OBr. The summed E-state index contributed by atoms with van der Waals surface area (Å²) in [6, 6.07) is 0. The van der Waals surface area contributed by atoms with E-state index < -0.39 is 0 Å². The van der Waals surface area contributed by atoms with Crippen molar-refractivity contribution in [1.29, 1.82) is 0 Å². The Labute approximate surface area is 101 Å². The molecular formula is C8H11BrINO2. The Kier molecular flexibility index (Phi) is 8.66. The normalized spacial score (nSPS) is 8.54. The molecule has 0 rings (SSSR count). The van der Waals surface area contributed by atoms with Crippen molar-refractivity contribution in [2.75, 3.05) is 13.1 Å². The molecule has 0 fully saturated rings. The van der Waals surface area contributed by atoms with Gasteiger partial charge in [-0.05, 0) is 10.3 Å². The number of nitrogens with zero attached hydrogens (tertiary/aromatic N) is 1. The van der Waals surface area contributed by atoms with Gasteiger partial charge in [-0.2, -0.15) is 0 Å². The van der Waals surface area contributed by atoms with E-state index >= 15 is 0 Å². The Bertz CT molecular complexity index is 212. The van der Waals surface area contributed by atoms with E-state index in [1.807, 2.05) is 22.6 Å². The maximum atomic E-state index is 11.1. The van der Waals surface area contributed by atoms with Crippen LogP contribution in [-0.2, 0) is 3.83 Å². The minimum absolute atomic E-state index is 0.382. The topological polar surface area (TPSA) is 29.5 Å². The monoisotopic (exact) mass is 359 g/mol. The van der Waals surface area contributed by atoms with Gasteiger partial charge in [0.25, 0.3) is 0 Å². The standard InChI is InChI=1S/C8H11BrINO2/c1-2-3-6-11(7-4-5-10)8(12)13-9/h2-3,6-7H2,1H3. The predicted molar refractivity (Wildman–Crippen MR) is 63.7 cm³/mol. The van der Waals surface area contributed by atoms with E-state index in [0.29, 0.717) is 13.1 Å². The molecule has 74 valence electrons. The molecule has 5 heteroatoms. The van der Waals surface area contributed by atoms with Gasteiger partial charge in [0.05, 0.1) is 6.54 Å². The maximum Gasteiger partial charge on any atom is 0.422 e. The molecular weight excluding hydrogens is 349 g/mol. The van der Waals surface area contributed by atoms with Crippen LogP contribution < -0.4 is 0 Å². The molecule has 0 aromatic rings. The summed E-state index contributed by atoms with van der Waals surface area (Å²) in [5.41, 5.74) is 0. The number of hydrogen-bond acceptors (Lipinski definition) is 2. The summed E-state index contributed by atoms with van der Waals surface area (Å²) in [6.45, 7) is 3.18. The minimum atomic E-state index is -0.382. The Morgan fingerprint density at radius 1 is 1.69 bits per heavy atom. The largest absolute Gasteiger partial charge is 0.422 e. The second kappa shape index (κ2) is 8.63. The molecule has 0 saturated carbocycles. The molecule has 0 atom stereocenters. The molecule has 0 aliphatic carbocycles. The van der Waals surface area contributed by atoms with Crippen molar-refractivity contribution in [1.82, 2.24) is 4.90 Å². The Balaban J connectivity index is 3.99. The fourth-order valence-corrected chi connectivity index (χ4v) is 1.13. The first-order chi connectivity index (χ1) is 6.26. The van der Waals surface area contributed by atoms with Gasteiger partial charge < -0.3 is 3.83 Å². The molecule has 1 amide bonds. The zero-order valence-electron chi connectivity index (χ0n) is 7.35. The third-order valence-corrected chi connectivity index (χ3v) is 2.10. The lowest BCUT2D eigenvalue weighted by Gasteiger charge is -2.16. The molecule has 0 aliphatic heterocycles. The van der Waals surface area contributed by atoms with Crippen molar-refractivity contribution in [3.8, 4) is 9.85 Å². The first-order valence-corrected chi connectivity index (χ1v) is 5.64. The summed E-state index contributed by atoms with van der Waals surface area (Å²) in [5.74, 6) is 2.81. The number of hydrogen-bond donors (Lipinski definition) is 0. The highest BCUT2D eigenvalue weighted by atomic mass is 127. The van der Waals surface area contributed by atoms with E-state index in [-0.39, 0.29) is 6.09 Å². The zero-order chi connectivity index (χ0) is 10.1. The van der Waals surface area contributed by atoms with Crippen molar-refractivity contribution in [2.24, 2.45) is 0 Å². The van der Waals surface area contributed by atoms with Gasteiger partial charge in [0.1, 0.15) is 0 Å². The summed E-state index contributed by atoms with van der Waals surface area (Å²) in [6.07, 6.45) is 1.63. The molecule has 0 spiro atoms. The fourth-order valence-electron chi connectivity index (χ4n) is 0.758. The van der Waals surface area contributed by atoms with Crippen molar-refractivity contribution in [3.63, 3.8) is 0 Å². The average molecular weight is 360 g/mol. The summed E-state index contributed by atoms with van der Waals surface area (Å²) >= 11 is 4.60. The minimum Gasteiger partial charge on any atom is -0.367 e. The van der Waals surface area contributed by atoms with Crippen LogP contribution in [0.15, 0.2) is 0 Å². The quantitative estimate of drug-likeness (QED) is 0.570. The summed E-state index contributed by atoms with van der Waals surface area (Å²) in [7, 11) is 0. The van der Waals surface area contributed by atoms with Crippen molar-refractivity contribution in [3.05, 3.63) is 0 Å². The lowest BCUT2D eigenvalue weighted by atomic mass is 10.3. The second-order valence-electron chi connectivity index (χ2n) is 2.39. The third-order valence-electron chi connectivity index (χ3n) is 1.44. The van der Waals surface area contributed by atoms with Crippen LogP contribution in [0.25, 0.3) is 0 Å². The van der Waals surface area contributed by atoms with Crippen molar-refractivity contribution in [2.45, 2.75) is 19.8 Å². The molecule has 0 bridgehead atoms. The smallest absolute Gasteiger partial charge is 0.367 e. The van der Waals surface area contributed by atoms with Crippen molar-refractivity contribution < 1.29 is 8.62 Å². The molecule has 13 heavy (non-hydrogen) atoms. The van der Waals surface area contributed by atoms with Crippen LogP contribution in [0.3, 0.4) is 0 Å². The first-order valence-electron chi connectivity index (χ1n) is 3.92. The highest BCUT2D eigenvalue weighted by Gasteiger charge is 2.11. The second-order valence-corrected chi connectivity index (χ2v) is 3.25. The highest BCUT2D eigenvalue weighted by molar-refractivity contribution is 14.1. The van der Waals surface area contributed by atoms with Crippen LogP contribution in [-0.4, -0.2) is 24.1 Å². The molecule has 0 aromatic carbocycles. The summed E-state index contributed by atoms with van der Waals surface area (Å²) in [5, 5.41) is 0. The number of carbonyl (C=O) groups excluding carboxylic acids is 1. The van der Waals surface area contributed by atoms with Crippen LogP contribution in [0.1, 0.15) is 19.8 Å². The highest BCUT2D eigenvalue weighted by Crippen LogP contribution is 2.00. The van der Waals surface area contributed by atoms with Crippen LogP contribution in [0.4, 0.5) is 4.79 Å². The van der Waals surface area contributed by atoms with Gasteiger partial charge in [-0.15, -0.1) is 0 Å². The van der Waals surface area contributed by atoms with E-state index in [0.717, 1.165) is 12.8 Å². The maximum absolute atomic E-state index is 11.1. The van der Waals surface area contributed by atoms with Crippen LogP contribution in [0, 0.1) is 9.85 Å². The lowest BCUT2D eigenvalue weighted by molar-refractivity contribution is 0.168. The Morgan fingerprint density at radius 3 is 2.85 bits per heavy atom. The van der Waals surface area contributed by atoms with Crippen LogP contribution in [0.5, 0.6) is 0 Å². The van der Waals surface area contributed by atoms with Gasteiger partial charge in [0.2, 0.25) is 0 Å². The number of amides is 1. The molecule has 0 saturated heterocycles.